The van der Waals surface area contributed by atoms with E-state index in [1.165, 1.54) is 18.4 Å². The summed E-state index contributed by atoms with van der Waals surface area (Å²) >= 11 is 0. The molecule has 0 atom stereocenters. The Morgan fingerprint density at radius 2 is 2.15 bits per heavy atom. The molecular weight excluding hydrogens is 250 g/mol. The van der Waals surface area contributed by atoms with Crippen molar-refractivity contribution in [1.82, 2.24) is 10.3 Å². The molecular formula is C16H21N3O. The number of hydrogen-bond donors (Lipinski definition) is 3. The average Bonchev–Trinajstić information content (AvgIpc) is 3.09. The summed E-state index contributed by atoms with van der Waals surface area (Å²) in [4.78, 5) is 15.5. The number of aromatic nitrogens is 1. The summed E-state index contributed by atoms with van der Waals surface area (Å²) in [6, 6.07) is 6.18. The third-order valence-electron chi connectivity index (χ3n) is 4.13. The number of nitrogens with one attached hydrogen (secondary N) is 2. The summed E-state index contributed by atoms with van der Waals surface area (Å²) in [5.74, 6) is 0.0405. The average molecular weight is 271 g/mol. The highest BCUT2D eigenvalue weighted by Crippen LogP contribution is 2.21. The van der Waals surface area contributed by atoms with E-state index in [-0.39, 0.29) is 5.91 Å². The van der Waals surface area contributed by atoms with Crippen molar-refractivity contribution in [3.63, 3.8) is 0 Å². The van der Waals surface area contributed by atoms with Gasteiger partial charge in [-0.15, -0.1) is 0 Å². The van der Waals surface area contributed by atoms with E-state index in [0.717, 1.165) is 35.7 Å². The minimum atomic E-state index is 0.0405. The van der Waals surface area contributed by atoms with Crippen LogP contribution in [0.3, 0.4) is 0 Å². The van der Waals surface area contributed by atoms with Crippen molar-refractivity contribution in [2.45, 2.75) is 38.1 Å². The predicted octanol–water partition coefficient (Wildman–Crippen LogP) is 2.34. The van der Waals surface area contributed by atoms with E-state index < -0.39 is 0 Å². The van der Waals surface area contributed by atoms with Crippen LogP contribution in [0.1, 0.15) is 41.6 Å². The van der Waals surface area contributed by atoms with Crippen LogP contribution in [0.4, 0.5) is 0 Å². The summed E-state index contributed by atoms with van der Waals surface area (Å²) in [7, 11) is 0. The molecule has 1 heterocycles. The SMILES string of the molecule is NCCc1c[nH]c2ccc(C(=O)NC3CCCC3)cc12. The van der Waals surface area contributed by atoms with Gasteiger partial charge in [0.05, 0.1) is 0 Å². The van der Waals surface area contributed by atoms with Crippen molar-refractivity contribution >= 4 is 16.8 Å². The Balaban J connectivity index is 1.83. The molecule has 0 aliphatic heterocycles. The Morgan fingerprint density at radius 3 is 2.90 bits per heavy atom. The topological polar surface area (TPSA) is 70.9 Å². The molecule has 4 nitrogen and oxygen atoms in total. The van der Waals surface area contributed by atoms with Gasteiger partial charge in [0.15, 0.2) is 0 Å². The van der Waals surface area contributed by atoms with Crippen LogP contribution in [0.15, 0.2) is 24.4 Å². The van der Waals surface area contributed by atoms with Crippen LogP contribution in [0.25, 0.3) is 10.9 Å². The van der Waals surface area contributed by atoms with Crippen LogP contribution >= 0.6 is 0 Å². The lowest BCUT2D eigenvalue weighted by Crippen LogP contribution is -2.32. The van der Waals surface area contributed by atoms with Crippen molar-refractivity contribution < 1.29 is 4.79 Å². The van der Waals surface area contributed by atoms with E-state index in [0.29, 0.717) is 12.6 Å². The third kappa shape index (κ3) is 2.56. The smallest absolute Gasteiger partial charge is 0.251 e. The minimum Gasteiger partial charge on any atom is -0.361 e. The summed E-state index contributed by atoms with van der Waals surface area (Å²) < 4.78 is 0. The fourth-order valence-electron chi connectivity index (χ4n) is 3.02. The second-order valence-corrected chi connectivity index (χ2v) is 5.57. The first-order valence-electron chi connectivity index (χ1n) is 7.39. The molecule has 20 heavy (non-hydrogen) atoms. The standard InChI is InChI=1S/C16H21N3O/c17-8-7-12-10-18-15-6-5-11(9-14(12)15)16(20)19-13-3-1-2-4-13/h5-6,9-10,13,18H,1-4,7-8,17H2,(H,19,20). The normalized spacial score (nSPS) is 15.8. The van der Waals surface area contributed by atoms with E-state index >= 15 is 0 Å². The third-order valence-corrected chi connectivity index (χ3v) is 4.13. The Kier molecular flexibility index (Phi) is 3.74. The fourth-order valence-corrected chi connectivity index (χ4v) is 3.02. The first-order chi connectivity index (χ1) is 9.78. The molecule has 1 fully saturated rings. The zero-order valence-corrected chi connectivity index (χ0v) is 11.6. The highest BCUT2D eigenvalue weighted by molar-refractivity contribution is 5.99. The zero-order chi connectivity index (χ0) is 13.9. The lowest BCUT2D eigenvalue weighted by molar-refractivity contribution is 0.0938. The van der Waals surface area contributed by atoms with Crippen molar-refractivity contribution in [1.29, 1.82) is 0 Å². The zero-order valence-electron chi connectivity index (χ0n) is 11.6. The van der Waals surface area contributed by atoms with Crippen LogP contribution < -0.4 is 11.1 Å². The molecule has 4 N–H and O–H groups in total. The molecule has 1 aromatic carbocycles. The van der Waals surface area contributed by atoms with E-state index in [1.807, 2.05) is 24.4 Å². The lowest BCUT2D eigenvalue weighted by Gasteiger charge is -2.12. The molecule has 106 valence electrons. The maximum atomic E-state index is 12.3. The number of rotatable bonds is 4. The number of hydrogen-bond acceptors (Lipinski definition) is 2. The number of nitrogens with two attached hydrogens (primary N) is 1. The minimum absolute atomic E-state index is 0.0405. The van der Waals surface area contributed by atoms with Gasteiger partial charge in [0.1, 0.15) is 0 Å². The quantitative estimate of drug-likeness (QED) is 0.798. The molecule has 0 saturated heterocycles. The Hall–Kier alpha value is -1.81. The van der Waals surface area contributed by atoms with Gasteiger partial charge in [-0.3, -0.25) is 4.79 Å². The second kappa shape index (κ2) is 5.67. The monoisotopic (exact) mass is 271 g/mol. The maximum Gasteiger partial charge on any atom is 0.251 e. The summed E-state index contributed by atoms with van der Waals surface area (Å²) in [6.45, 7) is 0.617. The van der Waals surface area contributed by atoms with Gasteiger partial charge in [0, 0.05) is 28.7 Å². The van der Waals surface area contributed by atoms with Crippen molar-refractivity contribution in [2.75, 3.05) is 6.54 Å². The number of H-pyrrole nitrogens is 1. The summed E-state index contributed by atoms with van der Waals surface area (Å²) in [5.41, 5.74) is 8.60. The summed E-state index contributed by atoms with van der Waals surface area (Å²) in [5, 5.41) is 4.24. The van der Waals surface area contributed by atoms with E-state index in [9.17, 15) is 4.79 Å². The molecule has 1 aliphatic rings. The van der Waals surface area contributed by atoms with E-state index in [1.54, 1.807) is 0 Å². The molecule has 1 aliphatic carbocycles. The molecule has 1 aromatic heterocycles. The molecule has 0 radical (unpaired) electrons. The summed E-state index contributed by atoms with van der Waals surface area (Å²) in [6.07, 6.45) is 7.47. The van der Waals surface area contributed by atoms with Crippen LogP contribution in [0, 0.1) is 0 Å². The van der Waals surface area contributed by atoms with Gasteiger partial charge in [-0.2, -0.15) is 0 Å². The molecule has 4 heteroatoms. The molecule has 1 saturated carbocycles. The van der Waals surface area contributed by atoms with Crippen LogP contribution in [0.2, 0.25) is 0 Å². The molecule has 1 amide bonds. The van der Waals surface area contributed by atoms with Crippen molar-refractivity contribution in [3.8, 4) is 0 Å². The van der Waals surface area contributed by atoms with Crippen molar-refractivity contribution in [3.05, 3.63) is 35.5 Å². The molecule has 3 rings (SSSR count). The van der Waals surface area contributed by atoms with Gasteiger partial charge in [-0.25, -0.2) is 0 Å². The van der Waals surface area contributed by atoms with Gasteiger partial charge in [-0.1, -0.05) is 12.8 Å². The van der Waals surface area contributed by atoms with Crippen LogP contribution in [-0.4, -0.2) is 23.5 Å². The highest BCUT2D eigenvalue weighted by Gasteiger charge is 2.18. The number of amides is 1. The molecule has 0 spiro atoms. The molecule has 0 unspecified atom stereocenters. The first kappa shape index (κ1) is 13.2. The molecule has 0 bridgehead atoms. The number of benzene rings is 1. The van der Waals surface area contributed by atoms with Crippen LogP contribution in [0.5, 0.6) is 0 Å². The highest BCUT2D eigenvalue weighted by atomic mass is 16.1. The number of carbonyl (C=O) groups is 1. The Morgan fingerprint density at radius 1 is 1.35 bits per heavy atom. The fraction of sp³-hybridized carbons (Fsp3) is 0.438. The van der Waals surface area contributed by atoms with Gasteiger partial charge < -0.3 is 16.0 Å². The maximum absolute atomic E-state index is 12.3. The molecule has 2 aromatic rings. The number of fused-ring (bicyclic) bond motifs is 1. The van der Waals surface area contributed by atoms with Crippen molar-refractivity contribution in [2.24, 2.45) is 5.73 Å². The van der Waals surface area contributed by atoms with Gasteiger partial charge in [-0.05, 0) is 49.6 Å². The Bertz CT molecular complexity index is 611. The Labute approximate surface area is 118 Å². The second-order valence-electron chi connectivity index (χ2n) is 5.57. The predicted molar refractivity (Wildman–Crippen MR) is 80.8 cm³/mol. The largest absolute Gasteiger partial charge is 0.361 e. The lowest BCUT2D eigenvalue weighted by atomic mass is 10.1. The van der Waals surface area contributed by atoms with Gasteiger partial charge in [0.25, 0.3) is 5.91 Å². The van der Waals surface area contributed by atoms with E-state index in [4.69, 9.17) is 5.73 Å². The number of aromatic amines is 1. The van der Waals surface area contributed by atoms with Crippen LogP contribution in [-0.2, 0) is 6.42 Å². The first-order valence-corrected chi connectivity index (χ1v) is 7.39. The number of carbonyl (C=O) groups excluding carboxylic acids is 1. The van der Waals surface area contributed by atoms with E-state index in [2.05, 4.69) is 10.3 Å². The van der Waals surface area contributed by atoms with Gasteiger partial charge in [0.2, 0.25) is 0 Å². The van der Waals surface area contributed by atoms with Gasteiger partial charge >= 0.3 is 0 Å².